The molecule has 0 saturated heterocycles. The number of carbonyl (C=O) groups is 1. The van der Waals surface area contributed by atoms with Gasteiger partial charge in [-0.05, 0) is 61.1 Å². The fraction of sp³-hybridized carbons (Fsp3) is 0.458. The van der Waals surface area contributed by atoms with Crippen molar-refractivity contribution in [2.45, 2.75) is 31.3 Å². The maximum atomic E-state index is 13.8. The van der Waals surface area contributed by atoms with Gasteiger partial charge in [0, 0.05) is 27.1 Å². The summed E-state index contributed by atoms with van der Waals surface area (Å²) in [7, 11) is 3.36. The summed E-state index contributed by atoms with van der Waals surface area (Å²) < 4.78 is 31.9. The highest BCUT2D eigenvalue weighted by Gasteiger charge is 2.38. The summed E-state index contributed by atoms with van der Waals surface area (Å²) in [6.07, 6.45) is 1.85. The van der Waals surface area contributed by atoms with Crippen molar-refractivity contribution >= 4 is 19.3 Å². The lowest BCUT2D eigenvalue weighted by atomic mass is 9.71. The fourth-order valence-electron chi connectivity index (χ4n) is 4.52. The van der Waals surface area contributed by atoms with E-state index in [1.807, 2.05) is 6.07 Å². The number of Topliss-reactive ketones (excluding diaryl/α,β-unsaturated/α-hetero) is 1. The van der Waals surface area contributed by atoms with Crippen LogP contribution in [0.1, 0.15) is 41.1 Å². The number of ether oxygens (including phenoxy) is 3. The summed E-state index contributed by atoms with van der Waals surface area (Å²) in [5, 5.41) is 0. The molecule has 3 atom stereocenters. The molecule has 1 fully saturated rings. The lowest BCUT2D eigenvalue weighted by Gasteiger charge is -2.35. The average Bonchev–Trinajstić information content (AvgIpc) is 2.85. The molecule has 2 N–H and O–H groups in total. The number of rotatable bonds is 10. The van der Waals surface area contributed by atoms with Gasteiger partial charge in [-0.1, -0.05) is 10.7 Å². The predicted molar refractivity (Wildman–Crippen MR) is 129 cm³/mol. The summed E-state index contributed by atoms with van der Waals surface area (Å²) in [6.45, 7) is 0. The highest BCUT2D eigenvalue weighted by atomic mass is 31.2. The van der Waals surface area contributed by atoms with Crippen LogP contribution in [0, 0.1) is 5.92 Å². The molecule has 11 heteroatoms. The lowest BCUT2D eigenvalue weighted by molar-refractivity contribution is -0.122. The Morgan fingerprint density at radius 1 is 1.00 bits per heavy atom. The molecule has 0 amide bonds. The van der Waals surface area contributed by atoms with Crippen molar-refractivity contribution in [3.05, 3.63) is 47.5 Å². The number of carbonyl (C=O) groups excluding carboxylic acids is 1. The van der Waals surface area contributed by atoms with Crippen molar-refractivity contribution in [2.75, 3.05) is 40.3 Å². The molecule has 0 aromatic heterocycles. The van der Waals surface area contributed by atoms with Gasteiger partial charge in [0.05, 0.1) is 31.6 Å². The summed E-state index contributed by atoms with van der Waals surface area (Å²) >= 11 is 0. The number of benzene rings is 2. The number of phosphoric acid groups is 1. The van der Waals surface area contributed by atoms with Gasteiger partial charge in [0.2, 0.25) is 0 Å². The second-order valence-electron chi connectivity index (χ2n) is 8.58. The second-order valence-corrected chi connectivity index (χ2v) is 9.71. The first-order chi connectivity index (χ1) is 16.6. The molecular formula is C24H32NO9P. The first-order valence-electron chi connectivity index (χ1n) is 11.1. The Bertz CT molecular complexity index is 1080. The Labute approximate surface area is 204 Å². The normalized spacial score (nSPS) is 20.3. The molecule has 0 spiro atoms. The Morgan fingerprint density at radius 2 is 1.74 bits per heavy atom. The molecule has 3 rings (SSSR count). The zero-order chi connectivity index (χ0) is 25.8. The zero-order valence-electron chi connectivity index (χ0n) is 20.5. The standard InChI is InChI=1S/C24H32NO9P/c1-25(2)21-10-6-15(12-23(21)33-34-35(27,28)29)19-13-16(30-3)7-9-18(19)24(26)20-14-17(31-4)8-11-22(20)32-5/h6,8,10-12,14,16,18-19H,7,9,13H2,1-5H3,(H2,27,28,29). The summed E-state index contributed by atoms with van der Waals surface area (Å²) in [5.74, 6) is 0.433. The van der Waals surface area contributed by atoms with Crippen LogP contribution in [0.2, 0.25) is 0 Å². The summed E-state index contributed by atoms with van der Waals surface area (Å²) in [6, 6.07) is 10.4. The Balaban J connectivity index is 2.03. The molecule has 0 aliphatic heterocycles. The van der Waals surface area contributed by atoms with Gasteiger partial charge in [-0.25, -0.2) is 4.57 Å². The molecule has 2 aromatic carbocycles. The van der Waals surface area contributed by atoms with Gasteiger partial charge in [0.1, 0.15) is 11.5 Å². The smallest absolute Gasteiger partial charge is 0.497 e. The quantitative estimate of drug-likeness (QED) is 0.211. The van der Waals surface area contributed by atoms with E-state index in [2.05, 4.69) is 4.67 Å². The van der Waals surface area contributed by atoms with Gasteiger partial charge in [-0.2, -0.15) is 0 Å². The van der Waals surface area contributed by atoms with Crippen LogP contribution in [0.3, 0.4) is 0 Å². The summed E-state index contributed by atoms with van der Waals surface area (Å²) in [4.78, 5) is 38.8. The molecule has 192 valence electrons. The molecular weight excluding hydrogens is 477 g/mol. The van der Waals surface area contributed by atoms with Gasteiger partial charge in [-0.15, -0.1) is 0 Å². The van der Waals surface area contributed by atoms with Gasteiger partial charge < -0.3 is 33.8 Å². The SMILES string of the molecule is COc1ccc(OC)c(C(=O)C2CCC(OC)CC2c2ccc(N(C)C)c(OOP(=O)(O)O)c2)c1. The van der Waals surface area contributed by atoms with E-state index < -0.39 is 7.82 Å². The number of methoxy groups -OCH3 is 3. The third-order valence-electron chi connectivity index (χ3n) is 6.26. The highest BCUT2D eigenvalue weighted by Crippen LogP contribution is 2.45. The van der Waals surface area contributed by atoms with E-state index in [9.17, 15) is 9.36 Å². The van der Waals surface area contributed by atoms with Crippen LogP contribution in [0.15, 0.2) is 36.4 Å². The Hall–Kier alpha value is -2.62. The van der Waals surface area contributed by atoms with E-state index in [4.69, 9.17) is 28.9 Å². The largest absolute Gasteiger partial charge is 0.505 e. The molecule has 35 heavy (non-hydrogen) atoms. The minimum absolute atomic E-state index is 0.0412. The molecule has 10 nitrogen and oxygen atoms in total. The van der Waals surface area contributed by atoms with E-state index in [0.29, 0.717) is 35.6 Å². The van der Waals surface area contributed by atoms with Crippen molar-refractivity contribution in [2.24, 2.45) is 5.92 Å². The van der Waals surface area contributed by atoms with Gasteiger partial charge in [-0.3, -0.25) is 4.79 Å². The molecule has 1 saturated carbocycles. The first kappa shape index (κ1) is 27.0. The minimum atomic E-state index is -4.87. The average molecular weight is 509 g/mol. The maximum Gasteiger partial charge on any atom is 0.505 e. The van der Waals surface area contributed by atoms with Crippen LogP contribution in [-0.4, -0.2) is 57.1 Å². The Kier molecular flexibility index (Phi) is 8.79. The van der Waals surface area contributed by atoms with Gasteiger partial charge >= 0.3 is 7.82 Å². The van der Waals surface area contributed by atoms with Crippen LogP contribution in [0.25, 0.3) is 0 Å². The van der Waals surface area contributed by atoms with Crippen LogP contribution < -0.4 is 19.3 Å². The number of ketones is 1. The lowest BCUT2D eigenvalue weighted by Crippen LogP contribution is -2.32. The second kappa shape index (κ2) is 11.4. The van der Waals surface area contributed by atoms with Crippen LogP contribution in [0.5, 0.6) is 17.2 Å². The molecule has 2 aromatic rings. The number of hydrogen-bond acceptors (Lipinski definition) is 8. The van der Waals surface area contributed by atoms with Crippen molar-refractivity contribution in [3.8, 4) is 17.2 Å². The van der Waals surface area contributed by atoms with Crippen LogP contribution in [0.4, 0.5) is 5.69 Å². The van der Waals surface area contributed by atoms with E-state index in [0.717, 1.165) is 12.0 Å². The number of anilines is 1. The Morgan fingerprint density at radius 3 is 2.34 bits per heavy atom. The van der Waals surface area contributed by atoms with Gasteiger partial charge in [0.25, 0.3) is 0 Å². The van der Waals surface area contributed by atoms with Crippen molar-refractivity contribution in [3.63, 3.8) is 0 Å². The van der Waals surface area contributed by atoms with Crippen LogP contribution in [-0.2, 0) is 14.0 Å². The third-order valence-corrected chi connectivity index (χ3v) is 6.53. The molecule has 0 bridgehead atoms. The molecule has 1 aliphatic rings. The maximum absolute atomic E-state index is 13.8. The molecule has 0 heterocycles. The van der Waals surface area contributed by atoms with Crippen molar-refractivity contribution < 1.29 is 42.9 Å². The fourth-order valence-corrected chi connectivity index (χ4v) is 4.70. The minimum Gasteiger partial charge on any atom is -0.497 e. The van der Waals surface area contributed by atoms with E-state index in [1.165, 1.54) is 14.2 Å². The molecule has 1 aliphatic carbocycles. The number of hydrogen-bond donors (Lipinski definition) is 2. The van der Waals surface area contributed by atoms with Crippen molar-refractivity contribution in [1.29, 1.82) is 0 Å². The third kappa shape index (κ3) is 6.54. The topological polar surface area (TPSA) is 124 Å². The van der Waals surface area contributed by atoms with Gasteiger partial charge in [0.15, 0.2) is 11.5 Å². The van der Waals surface area contributed by atoms with E-state index in [-0.39, 0.29) is 29.5 Å². The monoisotopic (exact) mass is 509 g/mol. The molecule has 0 radical (unpaired) electrons. The van der Waals surface area contributed by atoms with Crippen LogP contribution >= 0.6 is 7.82 Å². The summed E-state index contributed by atoms with van der Waals surface area (Å²) in [5.41, 5.74) is 1.75. The highest BCUT2D eigenvalue weighted by molar-refractivity contribution is 7.46. The van der Waals surface area contributed by atoms with E-state index in [1.54, 1.807) is 56.4 Å². The predicted octanol–water partition coefficient (Wildman–Crippen LogP) is 3.95. The number of nitrogens with zero attached hydrogens (tertiary/aromatic N) is 1. The molecule has 3 unspecified atom stereocenters. The van der Waals surface area contributed by atoms with E-state index >= 15 is 0 Å². The van der Waals surface area contributed by atoms with Crippen molar-refractivity contribution in [1.82, 2.24) is 0 Å². The zero-order valence-corrected chi connectivity index (χ0v) is 21.4. The first-order valence-corrected chi connectivity index (χ1v) is 12.6.